The standard InChI is InChI=1S/C28H38ClN3O/c1-19(2)26(31-27(33)23-13-15-30-25-8-6-5-7-22(23)25)17-32-16-14-24(28(3,4)18-32)20-9-11-21(29)12-10-20/h5-11,13,15,19,21,24-26,30H,12,14,16-18H2,1-4H3,(H,31,33)/t21?,24-,25?,26+/m1/s1. The fourth-order valence-electron chi connectivity index (χ4n) is 5.54. The number of carbonyl (C=O) groups excluding carboxylic acids is 1. The Hall–Kier alpha value is -2.04. The minimum absolute atomic E-state index is 0.0219. The molecule has 5 heteroatoms. The smallest absolute Gasteiger partial charge is 0.251 e. The molecule has 0 spiro atoms. The number of nitrogens with zero attached hydrogens (tertiary/aromatic N) is 1. The summed E-state index contributed by atoms with van der Waals surface area (Å²) in [5, 5.41) is 6.80. The number of halogens is 1. The van der Waals surface area contributed by atoms with Crippen molar-refractivity contribution < 1.29 is 4.79 Å². The van der Waals surface area contributed by atoms with Crippen LogP contribution >= 0.6 is 11.6 Å². The molecule has 0 aromatic carbocycles. The number of nitrogens with one attached hydrogen (secondary N) is 2. The largest absolute Gasteiger partial charge is 0.381 e. The molecule has 0 saturated carbocycles. The molecule has 0 aromatic rings. The van der Waals surface area contributed by atoms with Crippen molar-refractivity contribution in [2.75, 3.05) is 19.6 Å². The first-order valence-corrected chi connectivity index (χ1v) is 12.8. The van der Waals surface area contributed by atoms with Crippen LogP contribution in [0.3, 0.4) is 0 Å². The Morgan fingerprint density at radius 1 is 1.24 bits per heavy atom. The normalized spacial score (nSPS) is 29.5. The van der Waals surface area contributed by atoms with Crippen molar-refractivity contribution in [1.29, 1.82) is 0 Å². The van der Waals surface area contributed by atoms with E-state index in [0.717, 1.165) is 43.6 Å². The van der Waals surface area contributed by atoms with Gasteiger partial charge in [0.15, 0.2) is 0 Å². The molecule has 1 amide bonds. The predicted octanol–water partition coefficient (Wildman–Crippen LogP) is 4.88. The first-order valence-electron chi connectivity index (χ1n) is 12.3. The molecule has 4 atom stereocenters. The zero-order chi connectivity index (χ0) is 23.6. The van der Waals surface area contributed by atoms with Gasteiger partial charge in [-0.3, -0.25) is 4.79 Å². The number of fused-ring (bicyclic) bond motifs is 1. The van der Waals surface area contributed by atoms with Crippen LogP contribution in [-0.4, -0.2) is 47.9 Å². The zero-order valence-electron chi connectivity index (χ0n) is 20.4. The van der Waals surface area contributed by atoms with E-state index in [-0.39, 0.29) is 28.8 Å². The van der Waals surface area contributed by atoms with E-state index in [1.54, 1.807) is 0 Å². The van der Waals surface area contributed by atoms with Crippen LogP contribution in [0.2, 0.25) is 0 Å². The molecular weight excluding hydrogens is 430 g/mol. The van der Waals surface area contributed by atoms with E-state index in [0.29, 0.717) is 11.8 Å². The van der Waals surface area contributed by atoms with Crippen molar-refractivity contribution in [3.8, 4) is 0 Å². The minimum atomic E-state index is 0.0219. The average Bonchev–Trinajstić information content (AvgIpc) is 2.78. The summed E-state index contributed by atoms with van der Waals surface area (Å²) in [5.41, 5.74) is 3.42. The minimum Gasteiger partial charge on any atom is -0.381 e. The third-order valence-electron chi connectivity index (χ3n) is 7.47. The monoisotopic (exact) mass is 467 g/mol. The summed E-state index contributed by atoms with van der Waals surface area (Å²) >= 11 is 6.25. The zero-order valence-corrected chi connectivity index (χ0v) is 21.1. The molecule has 2 heterocycles. The second-order valence-electron chi connectivity index (χ2n) is 10.8. The second-order valence-corrected chi connectivity index (χ2v) is 11.4. The van der Waals surface area contributed by atoms with E-state index in [9.17, 15) is 4.79 Å². The molecule has 0 bridgehead atoms. The summed E-state index contributed by atoms with van der Waals surface area (Å²) in [7, 11) is 0. The maximum Gasteiger partial charge on any atom is 0.251 e. The highest BCUT2D eigenvalue weighted by Crippen LogP contribution is 2.41. The molecule has 0 radical (unpaired) electrons. The number of hydrogen-bond donors (Lipinski definition) is 2. The molecule has 1 saturated heterocycles. The fraction of sp³-hybridized carbons (Fsp3) is 0.536. The first-order chi connectivity index (χ1) is 15.7. The van der Waals surface area contributed by atoms with Gasteiger partial charge in [0.2, 0.25) is 0 Å². The Morgan fingerprint density at radius 3 is 2.76 bits per heavy atom. The molecule has 2 unspecified atom stereocenters. The van der Waals surface area contributed by atoms with Gasteiger partial charge in [-0.05, 0) is 60.1 Å². The van der Waals surface area contributed by atoms with Crippen molar-refractivity contribution in [2.45, 2.75) is 58.0 Å². The number of rotatable bonds is 6. The molecule has 2 N–H and O–H groups in total. The summed E-state index contributed by atoms with van der Waals surface area (Å²) < 4.78 is 0. The second kappa shape index (κ2) is 10.1. The van der Waals surface area contributed by atoms with Crippen LogP contribution in [-0.2, 0) is 4.79 Å². The number of allylic oxidation sites excluding steroid dienone is 6. The molecule has 4 rings (SSSR count). The van der Waals surface area contributed by atoms with Crippen LogP contribution in [0.15, 0.2) is 71.5 Å². The molecule has 4 aliphatic rings. The van der Waals surface area contributed by atoms with Crippen molar-refractivity contribution in [3.63, 3.8) is 0 Å². The Morgan fingerprint density at radius 2 is 2.06 bits per heavy atom. The molecule has 2 aliphatic carbocycles. The van der Waals surface area contributed by atoms with Crippen LogP contribution in [0, 0.1) is 17.3 Å². The number of alkyl halides is 1. The fourth-order valence-corrected chi connectivity index (χ4v) is 5.70. The summed E-state index contributed by atoms with van der Waals surface area (Å²) in [6, 6.07) is 0.184. The van der Waals surface area contributed by atoms with Gasteiger partial charge < -0.3 is 15.5 Å². The highest BCUT2D eigenvalue weighted by Gasteiger charge is 2.38. The highest BCUT2D eigenvalue weighted by atomic mass is 35.5. The molecule has 178 valence electrons. The summed E-state index contributed by atoms with van der Waals surface area (Å²) in [5.74, 6) is 0.929. The van der Waals surface area contributed by atoms with E-state index in [4.69, 9.17) is 11.6 Å². The van der Waals surface area contributed by atoms with Gasteiger partial charge in [-0.1, -0.05) is 70.2 Å². The van der Waals surface area contributed by atoms with E-state index in [2.05, 4.69) is 67.5 Å². The van der Waals surface area contributed by atoms with Crippen LogP contribution < -0.4 is 10.6 Å². The lowest BCUT2D eigenvalue weighted by molar-refractivity contribution is -0.118. The SMILES string of the molecule is CC(C)[C@H](CN1CC[C@H](C2=CCC(Cl)C=C2)C(C)(C)C1)NC(=O)C1=C2C=CC=CC2NC=C1. The van der Waals surface area contributed by atoms with Gasteiger partial charge in [0.05, 0.1) is 11.4 Å². The maximum atomic E-state index is 13.3. The lowest BCUT2D eigenvalue weighted by Gasteiger charge is -2.46. The lowest BCUT2D eigenvalue weighted by Crippen LogP contribution is -2.53. The third kappa shape index (κ3) is 5.55. The number of piperidine rings is 1. The van der Waals surface area contributed by atoms with Gasteiger partial charge in [0, 0.05) is 24.7 Å². The summed E-state index contributed by atoms with van der Waals surface area (Å²) in [6.45, 7) is 12.1. The van der Waals surface area contributed by atoms with Crippen molar-refractivity contribution >= 4 is 17.5 Å². The predicted molar refractivity (Wildman–Crippen MR) is 138 cm³/mol. The van der Waals surface area contributed by atoms with Crippen LogP contribution in [0.4, 0.5) is 0 Å². The van der Waals surface area contributed by atoms with Crippen molar-refractivity contribution in [3.05, 3.63) is 71.5 Å². The average molecular weight is 468 g/mol. The highest BCUT2D eigenvalue weighted by molar-refractivity contribution is 6.22. The summed E-state index contributed by atoms with van der Waals surface area (Å²) in [6.07, 6.45) is 20.7. The number of hydrogen-bond acceptors (Lipinski definition) is 3. The number of amides is 1. The van der Waals surface area contributed by atoms with Crippen LogP contribution in [0.1, 0.15) is 40.5 Å². The molecule has 33 heavy (non-hydrogen) atoms. The Kier molecular flexibility index (Phi) is 7.35. The van der Waals surface area contributed by atoms with Crippen LogP contribution in [0.25, 0.3) is 0 Å². The van der Waals surface area contributed by atoms with Gasteiger partial charge in [-0.2, -0.15) is 0 Å². The van der Waals surface area contributed by atoms with Crippen LogP contribution in [0.5, 0.6) is 0 Å². The quantitative estimate of drug-likeness (QED) is 0.547. The Balaban J connectivity index is 1.41. The van der Waals surface area contributed by atoms with E-state index in [1.807, 2.05) is 30.5 Å². The number of likely N-dealkylation sites (tertiary alicyclic amines) is 1. The van der Waals surface area contributed by atoms with Gasteiger partial charge in [-0.15, -0.1) is 11.6 Å². The molecule has 2 aliphatic heterocycles. The van der Waals surface area contributed by atoms with E-state index >= 15 is 0 Å². The maximum absolute atomic E-state index is 13.3. The van der Waals surface area contributed by atoms with Gasteiger partial charge >= 0.3 is 0 Å². The van der Waals surface area contributed by atoms with Crippen molar-refractivity contribution in [1.82, 2.24) is 15.5 Å². The number of dihydropyridines is 1. The number of carbonyl (C=O) groups is 1. The third-order valence-corrected chi connectivity index (χ3v) is 7.79. The van der Waals surface area contributed by atoms with Crippen molar-refractivity contribution in [2.24, 2.45) is 17.3 Å². The van der Waals surface area contributed by atoms with Gasteiger partial charge in [-0.25, -0.2) is 0 Å². The van der Waals surface area contributed by atoms with E-state index < -0.39 is 0 Å². The topological polar surface area (TPSA) is 44.4 Å². The Labute approximate surface area is 204 Å². The first kappa shape index (κ1) is 24.1. The molecule has 1 fully saturated rings. The molecule has 0 aromatic heterocycles. The molecular formula is C28H38ClN3O. The summed E-state index contributed by atoms with van der Waals surface area (Å²) in [4.78, 5) is 15.8. The van der Waals surface area contributed by atoms with E-state index in [1.165, 1.54) is 5.57 Å². The van der Waals surface area contributed by atoms with Gasteiger partial charge in [0.1, 0.15) is 0 Å². The van der Waals surface area contributed by atoms with Gasteiger partial charge in [0.25, 0.3) is 5.91 Å². The molecule has 4 nitrogen and oxygen atoms in total. The Bertz CT molecular complexity index is 937. The lowest BCUT2D eigenvalue weighted by atomic mass is 9.69.